The largest absolute Gasteiger partial charge is 0.348 e. The van der Waals surface area contributed by atoms with Crippen molar-refractivity contribution < 1.29 is 13.2 Å². The number of benzene rings is 2. The molecule has 2 aromatic rings. The molecule has 2 aliphatic rings. The number of hydrogen-bond acceptors (Lipinski definition) is 4. The molecule has 0 radical (unpaired) electrons. The maximum atomic E-state index is 13.3. The Bertz CT molecular complexity index is 975. The maximum Gasteiger partial charge on any atom is 0.264 e. The van der Waals surface area contributed by atoms with E-state index in [4.69, 9.17) is 0 Å². The minimum absolute atomic E-state index is 0. The van der Waals surface area contributed by atoms with Gasteiger partial charge in [0.25, 0.3) is 15.9 Å². The monoisotopic (exact) mass is 435 g/mol. The first-order valence-corrected chi connectivity index (χ1v) is 11.2. The molecular formula is C21H26ClN3O3S. The van der Waals surface area contributed by atoms with Crippen molar-refractivity contribution >= 4 is 34.0 Å². The molecule has 29 heavy (non-hydrogen) atoms. The highest BCUT2D eigenvalue weighted by Crippen LogP contribution is 2.31. The van der Waals surface area contributed by atoms with Crippen LogP contribution in [0.1, 0.15) is 35.2 Å². The van der Waals surface area contributed by atoms with Crippen molar-refractivity contribution in [2.75, 3.05) is 23.9 Å². The molecule has 1 saturated heterocycles. The summed E-state index contributed by atoms with van der Waals surface area (Å²) in [6, 6.07) is 14.0. The summed E-state index contributed by atoms with van der Waals surface area (Å²) in [5.74, 6) is -0.232. The van der Waals surface area contributed by atoms with Gasteiger partial charge in [0.15, 0.2) is 0 Å². The van der Waals surface area contributed by atoms with Crippen LogP contribution in [0.5, 0.6) is 0 Å². The highest BCUT2D eigenvalue weighted by molar-refractivity contribution is 7.92. The van der Waals surface area contributed by atoms with E-state index in [1.807, 2.05) is 24.3 Å². The fraction of sp³-hybridized carbons (Fsp3) is 0.381. The highest BCUT2D eigenvalue weighted by atomic mass is 35.5. The summed E-state index contributed by atoms with van der Waals surface area (Å²) in [5.41, 5.74) is 2.14. The molecule has 0 aliphatic carbocycles. The number of carbonyl (C=O) groups excluding carboxylic acids is 1. The smallest absolute Gasteiger partial charge is 0.264 e. The lowest BCUT2D eigenvalue weighted by Crippen LogP contribution is -2.45. The van der Waals surface area contributed by atoms with Crippen molar-refractivity contribution in [3.05, 3.63) is 59.7 Å². The van der Waals surface area contributed by atoms with Gasteiger partial charge >= 0.3 is 0 Å². The van der Waals surface area contributed by atoms with Crippen LogP contribution in [0.4, 0.5) is 5.69 Å². The van der Waals surface area contributed by atoms with Crippen LogP contribution in [0.15, 0.2) is 53.4 Å². The molecule has 156 valence electrons. The van der Waals surface area contributed by atoms with Gasteiger partial charge in [-0.3, -0.25) is 9.10 Å². The van der Waals surface area contributed by atoms with E-state index in [1.165, 1.54) is 10.4 Å². The number of anilines is 1. The highest BCUT2D eigenvalue weighted by Gasteiger charge is 2.29. The third kappa shape index (κ3) is 4.57. The summed E-state index contributed by atoms with van der Waals surface area (Å²) < 4.78 is 28.1. The van der Waals surface area contributed by atoms with E-state index in [2.05, 4.69) is 10.6 Å². The van der Waals surface area contributed by atoms with Crippen molar-refractivity contribution in [1.82, 2.24) is 10.6 Å². The molecule has 0 saturated carbocycles. The molecule has 2 N–H and O–H groups in total. The van der Waals surface area contributed by atoms with Gasteiger partial charge in [-0.1, -0.05) is 24.3 Å². The van der Waals surface area contributed by atoms with Crippen LogP contribution in [0, 0.1) is 0 Å². The van der Waals surface area contributed by atoms with Crippen molar-refractivity contribution in [2.24, 2.45) is 0 Å². The average Bonchev–Trinajstić information content (AvgIpc) is 2.74. The predicted octanol–water partition coefficient (Wildman–Crippen LogP) is 2.73. The van der Waals surface area contributed by atoms with Gasteiger partial charge in [-0.2, -0.15) is 0 Å². The number of amides is 1. The standard InChI is InChI=1S/C21H25N3O3S.ClH/c25-21(23-18-9-4-12-22-15-18)17-7-3-10-19(14-17)28(26,27)24-13-5-8-16-6-1-2-11-20(16)24;/h1-3,6-7,10-11,14,18,22H,4-5,8-9,12-13,15H2,(H,23,25);1H. The van der Waals surface area contributed by atoms with E-state index < -0.39 is 10.0 Å². The molecule has 1 fully saturated rings. The summed E-state index contributed by atoms with van der Waals surface area (Å²) in [6.07, 6.45) is 3.61. The van der Waals surface area contributed by atoms with E-state index in [9.17, 15) is 13.2 Å². The first kappa shape index (κ1) is 21.6. The molecule has 1 amide bonds. The minimum Gasteiger partial charge on any atom is -0.348 e. The summed E-state index contributed by atoms with van der Waals surface area (Å²) in [4.78, 5) is 12.8. The van der Waals surface area contributed by atoms with Gasteiger partial charge < -0.3 is 10.6 Å². The van der Waals surface area contributed by atoms with Crippen LogP contribution >= 0.6 is 12.4 Å². The Kier molecular flexibility index (Phi) is 6.82. The lowest BCUT2D eigenvalue weighted by Gasteiger charge is -2.30. The number of halogens is 1. The van der Waals surface area contributed by atoms with Gasteiger partial charge in [-0.25, -0.2) is 8.42 Å². The first-order chi connectivity index (χ1) is 13.6. The second-order valence-electron chi connectivity index (χ2n) is 7.35. The Morgan fingerprint density at radius 1 is 1.10 bits per heavy atom. The second-order valence-corrected chi connectivity index (χ2v) is 9.22. The third-order valence-electron chi connectivity index (χ3n) is 5.38. The van der Waals surface area contributed by atoms with Gasteiger partial charge in [0.1, 0.15) is 0 Å². The Morgan fingerprint density at radius 2 is 1.93 bits per heavy atom. The number of rotatable bonds is 4. The number of para-hydroxylation sites is 1. The Labute approximate surface area is 178 Å². The van der Waals surface area contributed by atoms with Gasteiger partial charge in [-0.15, -0.1) is 12.4 Å². The SMILES string of the molecule is Cl.O=C(NC1CCCNC1)c1cccc(S(=O)(=O)N2CCCc3ccccc32)c1. The normalized spacial score (nSPS) is 19.0. The van der Waals surface area contributed by atoms with Gasteiger partial charge in [-0.05, 0) is 62.1 Å². The Balaban J connectivity index is 0.00000240. The molecular weight excluding hydrogens is 410 g/mol. The van der Waals surface area contributed by atoms with Crippen LogP contribution in [0.25, 0.3) is 0 Å². The number of carbonyl (C=O) groups is 1. The van der Waals surface area contributed by atoms with E-state index in [1.54, 1.807) is 18.2 Å². The molecule has 4 rings (SSSR count). The number of fused-ring (bicyclic) bond motifs is 1. The first-order valence-electron chi connectivity index (χ1n) is 9.78. The summed E-state index contributed by atoms with van der Waals surface area (Å²) in [7, 11) is -3.72. The van der Waals surface area contributed by atoms with Crippen LogP contribution in [-0.2, 0) is 16.4 Å². The van der Waals surface area contributed by atoms with Crippen LogP contribution in [-0.4, -0.2) is 40.0 Å². The lowest BCUT2D eigenvalue weighted by molar-refractivity contribution is 0.0930. The van der Waals surface area contributed by atoms with Crippen LogP contribution < -0.4 is 14.9 Å². The zero-order valence-electron chi connectivity index (χ0n) is 16.1. The maximum absolute atomic E-state index is 13.3. The van der Waals surface area contributed by atoms with Crippen molar-refractivity contribution in [2.45, 2.75) is 36.6 Å². The summed E-state index contributed by atoms with van der Waals surface area (Å²) in [6.45, 7) is 2.16. The second kappa shape index (κ2) is 9.15. The topological polar surface area (TPSA) is 78.5 Å². The molecule has 0 aromatic heterocycles. The van der Waals surface area contributed by atoms with Gasteiger partial charge in [0, 0.05) is 24.7 Å². The molecule has 6 nitrogen and oxygen atoms in total. The Morgan fingerprint density at radius 3 is 2.72 bits per heavy atom. The molecule has 1 unspecified atom stereocenters. The number of hydrogen-bond donors (Lipinski definition) is 2. The zero-order valence-corrected chi connectivity index (χ0v) is 17.8. The van der Waals surface area contributed by atoms with Crippen molar-refractivity contribution in [3.63, 3.8) is 0 Å². The molecule has 0 bridgehead atoms. The number of piperidine rings is 1. The predicted molar refractivity (Wildman–Crippen MR) is 116 cm³/mol. The van der Waals surface area contributed by atoms with E-state index in [-0.39, 0.29) is 29.3 Å². The van der Waals surface area contributed by atoms with E-state index in [0.717, 1.165) is 50.0 Å². The van der Waals surface area contributed by atoms with Gasteiger partial charge in [0.05, 0.1) is 10.6 Å². The minimum atomic E-state index is -3.72. The van der Waals surface area contributed by atoms with E-state index >= 15 is 0 Å². The fourth-order valence-electron chi connectivity index (χ4n) is 3.92. The molecule has 0 spiro atoms. The quantitative estimate of drug-likeness (QED) is 0.774. The summed E-state index contributed by atoms with van der Waals surface area (Å²) in [5, 5.41) is 6.26. The molecule has 2 heterocycles. The fourth-order valence-corrected chi connectivity index (χ4v) is 5.50. The molecule has 1 atom stereocenters. The Hall–Kier alpha value is -2.09. The third-order valence-corrected chi connectivity index (χ3v) is 7.19. The molecule has 2 aromatic carbocycles. The number of nitrogens with one attached hydrogen (secondary N) is 2. The van der Waals surface area contributed by atoms with Crippen LogP contribution in [0.3, 0.4) is 0 Å². The van der Waals surface area contributed by atoms with Crippen LogP contribution in [0.2, 0.25) is 0 Å². The van der Waals surface area contributed by atoms with E-state index in [0.29, 0.717) is 12.1 Å². The lowest BCUT2D eigenvalue weighted by atomic mass is 10.0. The number of sulfonamides is 1. The zero-order chi connectivity index (χ0) is 19.6. The average molecular weight is 436 g/mol. The summed E-state index contributed by atoms with van der Waals surface area (Å²) >= 11 is 0. The number of aryl methyl sites for hydroxylation is 1. The molecule has 8 heteroatoms. The van der Waals surface area contributed by atoms with Crippen molar-refractivity contribution in [1.29, 1.82) is 0 Å². The molecule has 2 aliphatic heterocycles. The number of nitrogens with zero attached hydrogens (tertiary/aromatic N) is 1. The van der Waals surface area contributed by atoms with Gasteiger partial charge in [0.2, 0.25) is 0 Å². The van der Waals surface area contributed by atoms with Crippen molar-refractivity contribution in [3.8, 4) is 0 Å².